The highest BCUT2D eigenvalue weighted by Crippen LogP contribution is 2.21. The number of aliphatic hydroxyl groups excluding tert-OH is 1. The Kier molecular flexibility index (Phi) is 7.69. The summed E-state index contributed by atoms with van der Waals surface area (Å²) in [6.07, 6.45) is 5.07. The minimum absolute atomic E-state index is 0.00505. The van der Waals surface area contributed by atoms with Crippen molar-refractivity contribution < 1.29 is 9.90 Å². The third-order valence-corrected chi connectivity index (χ3v) is 4.84. The zero-order valence-corrected chi connectivity index (χ0v) is 15.9. The molecule has 26 heavy (non-hydrogen) atoms. The van der Waals surface area contributed by atoms with Gasteiger partial charge in [0.2, 0.25) is 5.91 Å². The van der Waals surface area contributed by atoms with E-state index in [9.17, 15) is 9.90 Å². The number of thioether (sulfide) groups is 1. The second-order valence-corrected chi connectivity index (χ2v) is 6.87. The number of carbonyl (C=O) groups excluding carboxylic acids is 1. The molecule has 1 N–H and O–H groups in total. The number of amides is 1. The first-order chi connectivity index (χ1) is 12.6. The third kappa shape index (κ3) is 5.34. The van der Waals surface area contributed by atoms with Crippen LogP contribution in [-0.2, 0) is 17.9 Å². The standard InChI is InChI=1S/C20H25N3O2S/c1-4-9-22(10-5-2)19(25)15-26-20-21-12-18(14-24)23(20)13-17-8-6-7-16(3)11-17/h4-8,11-12,24H,1-2,9-10,13-15H2,3H3. The molecule has 0 fully saturated rings. The number of aliphatic hydroxyl groups is 1. The molecule has 0 bridgehead atoms. The van der Waals surface area contributed by atoms with Crippen molar-refractivity contribution in [2.45, 2.75) is 25.2 Å². The van der Waals surface area contributed by atoms with Gasteiger partial charge in [0.05, 0.1) is 24.3 Å². The highest BCUT2D eigenvalue weighted by atomic mass is 32.2. The van der Waals surface area contributed by atoms with Crippen LogP contribution in [0.1, 0.15) is 16.8 Å². The van der Waals surface area contributed by atoms with Crippen molar-refractivity contribution in [3.63, 3.8) is 0 Å². The number of hydrogen-bond acceptors (Lipinski definition) is 4. The predicted octanol–water partition coefficient (Wildman–Crippen LogP) is 3.02. The van der Waals surface area contributed by atoms with Crippen LogP contribution in [0.4, 0.5) is 0 Å². The Balaban J connectivity index is 2.12. The average Bonchev–Trinajstić information content (AvgIpc) is 3.01. The highest BCUT2D eigenvalue weighted by molar-refractivity contribution is 7.99. The molecule has 5 nitrogen and oxygen atoms in total. The first kappa shape index (κ1) is 20.0. The quantitative estimate of drug-likeness (QED) is 0.515. The summed E-state index contributed by atoms with van der Waals surface area (Å²) in [6.45, 7) is 10.9. The topological polar surface area (TPSA) is 58.4 Å². The highest BCUT2D eigenvalue weighted by Gasteiger charge is 2.15. The van der Waals surface area contributed by atoms with Crippen LogP contribution in [-0.4, -0.2) is 44.3 Å². The summed E-state index contributed by atoms with van der Waals surface area (Å²) in [5.74, 6) is 0.280. The van der Waals surface area contributed by atoms with Crippen LogP contribution in [0.2, 0.25) is 0 Å². The summed E-state index contributed by atoms with van der Waals surface area (Å²) in [5.41, 5.74) is 3.04. The fourth-order valence-electron chi connectivity index (χ4n) is 2.60. The smallest absolute Gasteiger partial charge is 0.233 e. The van der Waals surface area contributed by atoms with Gasteiger partial charge in [-0.25, -0.2) is 4.98 Å². The lowest BCUT2D eigenvalue weighted by Crippen LogP contribution is -2.32. The molecule has 0 saturated heterocycles. The number of aryl methyl sites for hydroxylation is 1. The van der Waals surface area contributed by atoms with Gasteiger partial charge in [0, 0.05) is 19.6 Å². The number of carbonyl (C=O) groups is 1. The number of imidazole rings is 1. The Morgan fingerprint density at radius 3 is 2.69 bits per heavy atom. The molecular weight excluding hydrogens is 346 g/mol. The largest absolute Gasteiger partial charge is 0.390 e. The molecule has 0 atom stereocenters. The van der Waals surface area contributed by atoms with E-state index in [1.54, 1.807) is 23.2 Å². The molecule has 2 aromatic rings. The van der Waals surface area contributed by atoms with Gasteiger partial charge in [-0.05, 0) is 12.5 Å². The van der Waals surface area contributed by atoms with E-state index < -0.39 is 0 Å². The summed E-state index contributed by atoms with van der Waals surface area (Å²) in [4.78, 5) is 18.5. The van der Waals surface area contributed by atoms with Crippen molar-refractivity contribution in [3.8, 4) is 0 Å². The lowest BCUT2D eigenvalue weighted by molar-refractivity contribution is -0.127. The number of nitrogens with zero attached hydrogens (tertiary/aromatic N) is 3. The Bertz CT molecular complexity index is 760. The summed E-state index contributed by atoms with van der Waals surface area (Å²) in [7, 11) is 0. The molecule has 1 aromatic carbocycles. The van der Waals surface area contributed by atoms with Crippen LogP contribution in [0.25, 0.3) is 0 Å². The normalized spacial score (nSPS) is 10.5. The Morgan fingerprint density at radius 1 is 1.35 bits per heavy atom. The van der Waals surface area contributed by atoms with E-state index in [0.29, 0.717) is 19.6 Å². The number of rotatable bonds is 10. The maximum absolute atomic E-state index is 12.4. The van der Waals surface area contributed by atoms with Gasteiger partial charge in [-0.3, -0.25) is 4.79 Å². The van der Waals surface area contributed by atoms with Gasteiger partial charge in [0.15, 0.2) is 5.16 Å². The Labute approximate surface area is 159 Å². The first-order valence-corrected chi connectivity index (χ1v) is 9.40. The number of aromatic nitrogens is 2. The van der Waals surface area contributed by atoms with Crippen molar-refractivity contribution in [2.24, 2.45) is 0 Å². The second-order valence-electron chi connectivity index (χ2n) is 5.93. The first-order valence-electron chi connectivity index (χ1n) is 8.42. The monoisotopic (exact) mass is 371 g/mol. The molecule has 0 aliphatic carbocycles. The molecule has 0 unspecified atom stereocenters. The maximum Gasteiger partial charge on any atom is 0.233 e. The lowest BCUT2D eigenvalue weighted by Gasteiger charge is -2.19. The van der Waals surface area contributed by atoms with Crippen LogP contribution in [0.5, 0.6) is 0 Å². The fourth-order valence-corrected chi connectivity index (χ4v) is 3.50. The SMILES string of the molecule is C=CCN(CC=C)C(=O)CSc1ncc(CO)n1Cc1cccc(C)c1. The molecule has 6 heteroatoms. The van der Waals surface area contributed by atoms with Gasteiger partial charge in [-0.15, -0.1) is 13.2 Å². The van der Waals surface area contributed by atoms with Crippen molar-refractivity contribution in [3.05, 3.63) is 72.6 Å². The summed E-state index contributed by atoms with van der Waals surface area (Å²) in [6, 6.07) is 8.21. The van der Waals surface area contributed by atoms with Crippen LogP contribution >= 0.6 is 11.8 Å². The second kappa shape index (κ2) is 9.99. The van der Waals surface area contributed by atoms with Crippen molar-refractivity contribution >= 4 is 17.7 Å². The van der Waals surface area contributed by atoms with E-state index in [-0.39, 0.29) is 18.3 Å². The minimum atomic E-state index is -0.0909. The zero-order chi connectivity index (χ0) is 18.9. The molecule has 0 aliphatic rings. The van der Waals surface area contributed by atoms with Crippen molar-refractivity contribution in [1.82, 2.24) is 14.5 Å². The van der Waals surface area contributed by atoms with Gasteiger partial charge in [-0.2, -0.15) is 0 Å². The fraction of sp³-hybridized carbons (Fsp3) is 0.300. The minimum Gasteiger partial charge on any atom is -0.390 e. The van der Waals surface area contributed by atoms with Crippen LogP contribution < -0.4 is 0 Å². The van der Waals surface area contributed by atoms with Crippen molar-refractivity contribution in [2.75, 3.05) is 18.8 Å². The van der Waals surface area contributed by atoms with E-state index in [1.165, 1.54) is 17.3 Å². The summed E-state index contributed by atoms with van der Waals surface area (Å²) in [5, 5.41) is 10.3. The van der Waals surface area contributed by atoms with E-state index in [0.717, 1.165) is 16.4 Å². The molecule has 0 saturated carbocycles. The van der Waals surface area contributed by atoms with Gasteiger partial charge < -0.3 is 14.6 Å². The Morgan fingerprint density at radius 2 is 2.08 bits per heavy atom. The summed E-state index contributed by atoms with van der Waals surface area (Å²) >= 11 is 1.38. The van der Waals surface area contributed by atoms with E-state index in [4.69, 9.17) is 0 Å². The van der Waals surface area contributed by atoms with Gasteiger partial charge in [0.1, 0.15) is 0 Å². The van der Waals surface area contributed by atoms with E-state index in [1.807, 2.05) is 29.7 Å². The Hall–Kier alpha value is -2.31. The summed E-state index contributed by atoms with van der Waals surface area (Å²) < 4.78 is 1.96. The molecule has 0 radical (unpaired) electrons. The molecule has 2 rings (SSSR count). The third-order valence-electron chi connectivity index (χ3n) is 3.86. The molecular formula is C20H25N3O2S. The molecule has 1 amide bonds. The molecule has 138 valence electrons. The van der Waals surface area contributed by atoms with Gasteiger partial charge in [0.25, 0.3) is 0 Å². The van der Waals surface area contributed by atoms with E-state index >= 15 is 0 Å². The maximum atomic E-state index is 12.4. The predicted molar refractivity (Wildman–Crippen MR) is 106 cm³/mol. The van der Waals surface area contributed by atoms with E-state index in [2.05, 4.69) is 24.2 Å². The number of benzene rings is 1. The number of hydrogen-bond donors (Lipinski definition) is 1. The van der Waals surface area contributed by atoms with Gasteiger partial charge in [-0.1, -0.05) is 53.7 Å². The van der Waals surface area contributed by atoms with Gasteiger partial charge >= 0.3 is 0 Å². The zero-order valence-electron chi connectivity index (χ0n) is 15.1. The molecule has 1 aromatic heterocycles. The average molecular weight is 372 g/mol. The van der Waals surface area contributed by atoms with Crippen LogP contribution in [0.3, 0.4) is 0 Å². The lowest BCUT2D eigenvalue weighted by atomic mass is 10.1. The molecule has 0 spiro atoms. The molecule has 1 heterocycles. The van der Waals surface area contributed by atoms with Crippen LogP contribution in [0.15, 0.2) is 60.9 Å². The van der Waals surface area contributed by atoms with Crippen molar-refractivity contribution in [1.29, 1.82) is 0 Å². The van der Waals surface area contributed by atoms with Crippen LogP contribution in [0, 0.1) is 6.92 Å². The molecule has 0 aliphatic heterocycles.